The molecule has 2 N–H and O–H groups in total. The smallest absolute Gasteiger partial charge is 0.222 e. The Hall–Kier alpha value is -1.10. The van der Waals surface area contributed by atoms with Crippen LogP contribution < -0.4 is 10.5 Å². The SMILES string of the molecule is NCCc1cccnc1Oc1cc(Br)ccc1Cl. The van der Waals surface area contributed by atoms with Gasteiger partial charge in [0.2, 0.25) is 5.88 Å². The molecule has 0 saturated heterocycles. The van der Waals surface area contributed by atoms with Crippen molar-refractivity contribution in [3.05, 3.63) is 51.6 Å². The lowest BCUT2D eigenvalue weighted by Crippen LogP contribution is -2.04. The van der Waals surface area contributed by atoms with Crippen LogP contribution >= 0.6 is 27.5 Å². The van der Waals surface area contributed by atoms with E-state index in [1.54, 1.807) is 12.3 Å². The van der Waals surface area contributed by atoms with Gasteiger partial charge in [0.15, 0.2) is 0 Å². The van der Waals surface area contributed by atoms with Gasteiger partial charge in [0, 0.05) is 16.2 Å². The van der Waals surface area contributed by atoms with Crippen molar-refractivity contribution >= 4 is 27.5 Å². The number of nitrogens with zero attached hydrogens (tertiary/aromatic N) is 1. The quantitative estimate of drug-likeness (QED) is 0.929. The van der Waals surface area contributed by atoms with Gasteiger partial charge in [-0.1, -0.05) is 33.6 Å². The maximum atomic E-state index is 6.08. The van der Waals surface area contributed by atoms with E-state index in [1.165, 1.54) is 0 Å². The largest absolute Gasteiger partial charge is 0.437 e. The summed E-state index contributed by atoms with van der Waals surface area (Å²) in [6, 6.07) is 9.24. The summed E-state index contributed by atoms with van der Waals surface area (Å²) in [5, 5.41) is 0.544. The van der Waals surface area contributed by atoms with Crippen molar-refractivity contribution in [3.63, 3.8) is 0 Å². The molecule has 2 aromatic rings. The first-order valence-electron chi connectivity index (χ1n) is 5.47. The molecule has 0 unspecified atom stereocenters. The fourth-order valence-corrected chi connectivity index (χ4v) is 2.02. The van der Waals surface area contributed by atoms with Gasteiger partial charge in [-0.05, 0) is 37.2 Å². The Labute approximate surface area is 119 Å². The molecule has 94 valence electrons. The number of aromatic nitrogens is 1. The first-order chi connectivity index (χ1) is 8.70. The van der Waals surface area contributed by atoms with E-state index in [4.69, 9.17) is 22.1 Å². The van der Waals surface area contributed by atoms with E-state index in [0.29, 0.717) is 23.2 Å². The molecule has 0 spiro atoms. The third-order valence-corrected chi connectivity index (χ3v) is 3.17. The van der Waals surface area contributed by atoms with Crippen molar-refractivity contribution in [2.24, 2.45) is 5.73 Å². The second kappa shape index (κ2) is 6.18. The van der Waals surface area contributed by atoms with E-state index in [2.05, 4.69) is 20.9 Å². The Kier molecular flexibility index (Phi) is 4.58. The highest BCUT2D eigenvalue weighted by atomic mass is 79.9. The Morgan fingerprint density at radius 1 is 1.33 bits per heavy atom. The lowest BCUT2D eigenvalue weighted by molar-refractivity contribution is 0.456. The van der Waals surface area contributed by atoms with Crippen LogP contribution in [0.4, 0.5) is 0 Å². The summed E-state index contributed by atoms with van der Waals surface area (Å²) in [4.78, 5) is 4.21. The van der Waals surface area contributed by atoms with Gasteiger partial charge in [0.1, 0.15) is 5.75 Å². The topological polar surface area (TPSA) is 48.1 Å². The number of hydrogen-bond acceptors (Lipinski definition) is 3. The van der Waals surface area contributed by atoms with E-state index in [-0.39, 0.29) is 0 Å². The number of benzene rings is 1. The second-order valence-electron chi connectivity index (χ2n) is 3.68. The third kappa shape index (κ3) is 3.22. The van der Waals surface area contributed by atoms with Crippen LogP contribution in [0.3, 0.4) is 0 Å². The van der Waals surface area contributed by atoms with E-state index in [9.17, 15) is 0 Å². The highest BCUT2D eigenvalue weighted by Gasteiger charge is 2.08. The number of ether oxygens (including phenoxy) is 1. The van der Waals surface area contributed by atoms with Gasteiger partial charge in [-0.25, -0.2) is 4.98 Å². The first kappa shape index (κ1) is 13.3. The monoisotopic (exact) mass is 326 g/mol. The molecule has 0 atom stereocenters. The Morgan fingerprint density at radius 2 is 2.17 bits per heavy atom. The normalized spacial score (nSPS) is 10.4. The van der Waals surface area contributed by atoms with Gasteiger partial charge < -0.3 is 10.5 Å². The fraction of sp³-hybridized carbons (Fsp3) is 0.154. The average molecular weight is 328 g/mol. The summed E-state index contributed by atoms with van der Waals surface area (Å²) in [6.07, 6.45) is 2.40. The van der Waals surface area contributed by atoms with Gasteiger partial charge in [-0.3, -0.25) is 0 Å². The van der Waals surface area contributed by atoms with Crippen molar-refractivity contribution < 1.29 is 4.74 Å². The number of rotatable bonds is 4. The standard InChI is InChI=1S/C13H12BrClN2O/c14-10-3-4-11(15)12(8-10)18-13-9(5-6-16)2-1-7-17-13/h1-4,7-8H,5-6,16H2. The Bertz CT molecular complexity index is 548. The lowest BCUT2D eigenvalue weighted by Gasteiger charge is -2.10. The van der Waals surface area contributed by atoms with Crippen molar-refractivity contribution in [1.82, 2.24) is 4.98 Å². The number of halogens is 2. The minimum absolute atomic E-state index is 0.544. The zero-order valence-corrected chi connectivity index (χ0v) is 11.9. The highest BCUT2D eigenvalue weighted by Crippen LogP contribution is 2.32. The van der Waals surface area contributed by atoms with Gasteiger partial charge in [0.25, 0.3) is 0 Å². The summed E-state index contributed by atoms with van der Waals surface area (Å²) in [6.45, 7) is 0.550. The first-order valence-corrected chi connectivity index (χ1v) is 6.64. The molecule has 0 fully saturated rings. The summed E-state index contributed by atoms with van der Waals surface area (Å²) in [5.74, 6) is 1.12. The molecule has 1 aromatic heterocycles. The van der Waals surface area contributed by atoms with Crippen LogP contribution in [0.5, 0.6) is 11.6 Å². The maximum absolute atomic E-state index is 6.08. The molecule has 0 bridgehead atoms. The van der Waals surface area contributed by atoms with Gasteiger partial charge in [-0.2, -0.15) is 0 Å². The van der Waals surface area contributed by atoms with E-state index in [0.717, 1.165) is 16.5 Å². The van der Waals surface area contributed by atoms with Gasteiger partial charge in [-0.15, -0.1) is 0 Å². The van der Waals surface area contributed by atoms with Crippen molar-refractivity contribution in [2.75, 3.05) is 6.54 Å². The van der Waals surface area contributed by atoms with Crippen LogP contribution in [-0.2, 0) is 6.42 Å². The molecule has 0 aliphatic heterocycles. The molecule has 1 aromatic carbocycles. The molecule has 1 heterocycles. The van der Waals surface area contributed by atoms with Crippen LogP contribution in [0.1, 0.15) is 5.56 Å². The summed E-state index contributed by atoms with van der Waals surface area (Å²) >= 11 is 9.46. The Balaban J connectivity index is 2.30. The molecule has 3 nitrogen and oxygen atoms in total. The lowest BCUT2D eigenvalue weighted by atomic mass is 10.2. The molecule has 2 rings (SSSR count). The summed E-state index contributed by atoms with van der Waals surface area (Å²) in [5.41, 5.74) is 6.53. The van der Waals surface area contributed by atoms with Crippen molar-refractivity contribution in [1.29, 1.82) is 0 Å². The number of nitrogens with two attached hydrogens (primary N) is 1. The average Bonchev–Trinajstić information content (AvgIpc) is 2.36. The summed E-state index contributed by atoms with van der Waals surface area (Å²) < 4.78 is 6.65. The van der Waals surface area contributed by atoms with E-state index >= 15 is 0 Å². The molecular weight excluding hydrogens is 316 g/mol. The predicted octanol–water partition coefficient (Wildman–Crippen LogP) is 3.79. The second-order valence-corrected chi connectivity index (χ2v) is 5.01. The zero-order chi connectivity index (χ0) is 13.0. The maximum Gasteiger partial charge on any atom is 0.222 e. The molecule has 0 amide bonds. The van der Waals surface area contributed by atoms with Gasteiger partial charge >= 0.3 is 0 Å². The summed E-state index contributed by atoms with van der Waals surface area (Å²) in [7, 11) is 0. The van der Waals surface area contributed by atoms with E-state index in [1.807, 2.05) is 24.3 Å². The molecule has 18 heavy (non-hydrogen) atoms. The van der Waals surface area contributed by atoms with Crippen LogP contribution in [0.15, 0.2) is 41.0 Å². The van der Waals surface area contributed by atoms with Crippen LogP contribution in [-0.4, -0.2) is 11.5 Å². The predicted molar refractivity (Wildman–Crippen MR) is 76.2 cm³/mol. The van der Waals surface area contributed by atoms with Crippen molar-refractivity contribution in [3.8, 4) is 11.6 Å². The molecule has 0 saturated carbocycles. The van der Waals surface area contributed by atoms with E-state index < -0.39 is 0 Å². The highest BCUT2D eigenvalue weighted by molar-refractivity contribution is 9.10. The van der Waals surface area contributed by atoms with Crippen molar-refractivity contribution in [2.45, 2.75) is 6.42 Å². The number of hydrogen-bond donors (Lipinski definition) is 1. The number of pyridine rings is 1. The molecule has 0 radical (unpaired) electrons. The molecule has 0 aliphatic carbocycles. The zero-order valence-electron chi connectivity index (χ0n) is 9.57. The third-order valence-electron chi connectivity index (χ3n) is 2.36. The minimum atomic E-state index is 0.544. The fourth-order valence-electron chi connectivity index (χ4n) is 1.52. The minimum Gasteiger partial charge on any atom is -0.437 e. The van der Waals surface area contributed by atoms with Gasteiger partial charge in [0.05, 0.1) is 5.02 Å². The van der Waals surface area contributed by atoms with Crippen LogP contribution in [0.2, 0.25) is 5.02 Å². The molecular formula is C13H12BrClN2O. The van der Waals surface area contributed by atoms with Crippen LogP contribution in [0, 0.1) is 0 Å². The molecule has 0 aliphatic rings. The Morgan fingerprint density at radius 3 is 2.94 bits per heavy atom. The van der Waals surface area contributed by atoms with Crippen LogP contribution in [0.25, 0.3) is 0 Å². The molecule has 5 heteroatoms.